The Morgan fingerprint density at radius 3 is 2.86 bits per heavy atom. The number of carbonyl (C=O) groups is 2. The number of rotatable bonds is 5. The standard InChI is InChI=1S/C20H15N3O4S/c24-19-17(28-20(25)23-19)9-12-7-11-8-13(5-6-14(11)21-12)26-10-18-22-15-3-1-2-4-16(15)27-18/h1-8,17,21H,9-10H2,(H,23,24,25). The van der Waals surface area contributed by atoms with Gasteiger partial charge in [-0.1, -0.05) is 23.9 Å². The molecule has 2 amide bonds. The summed E-state index contributed by atoms with van der Waals surface area (Å²) >= 11 is 1.03. The van der Waals surface area contributed by atoms with Gasteiger partial charge in [0.15, 0.2) is 12.2 Å². The van der Waals surface area contributed by atoms with Crippen LogP contribution in [0, 0.1) is 0 Å². The van der Waals surface area contributed by atoms with Gasteiger partial charge in [0, 0.05) is 23.0 Å². The fraction of sp³-hybridized carbons (Fsp3) is 0.150. The van der Waals surface area contributed by atoms with Crippen LogP contribution < -0.4 is 10.1 Å². The molecule has 2 aromatic carbocycles. The van der Waals surface area contributed by atoms with Gasteiger partial charge >= 0.3 is 0 Å². The average molecular weight is 393 g/mol. The number of oxazole rings is 1. The number of aromatic amines is 1. The summed E-state index contributed by atoms with van der Waals surface area (Å²) in [5.41, 5.74) is 3.38. The Morgan fingerprint density at radius 1 is 1.14 bits per heavy atom. The van der Waals surface area contributed by atoms with Crippen LogP contribution in [0.1, 0.15) is 11.6 Å². The van der Waals surface area contributed by atoms with Crippen molar-refractivity contribution in [3.63, 3.8) is 0 Å². The van der Waals surface area contributed by atoms with Gasteiger partial charge in [0.2, 0.25) is 11.8 Å². The molecule has 4 aromatic rings. The number of para-hydroxylation sites is 2. The molecule has 8 heteroatoms. The van der Waals surface area contributed by atoms with Crippen LogP contribution in [-0.4, -0.2) is 26.4 Å². The van der Waals surface area contributed by atoms with E-state index in [0.29, 0.717) is 18.1 Å². The van der Waals surface area contributed by atoms with E-state index in [1.807, 2.05) is 48.5 Å². The summed E-state index contributed by atoms with van der Waals surface area (Å²) in [6.07, 6.45) is 0.468. The Labute approximate surface area is 163 Å². The number of thioether (sulfide) groups is 1. The summed E-state index contributed by atoms with van der Waals surface area (Å²) in [4.78, 5) is 30.7. The van der Waals surface area contributed by atoms with Crippen molar-refractivity contribution in [2.75, 3.05) is 0 Å². The summed E-state index contributed by atoms with van der Waals surface area (Å²) in [6, 6.07) is 15.3. The minimum atomic E-state index is -0.393. The van der Waals surface area contributed by atoms with Gasteiger partial charge in [-0.2, -0.15) is 0 Å². The van der Waals surface area contributed by atoms with Crippen LogP contribution in [0.15, 0.2) is 52.9 Å². The number of H-pyrrole nitrogens is 1. The van der Waals surface area contributed by atoms with E-state index in [0.717, 1.165) is 39.5 Å². The molecule has 1 aliphatic rings. The zero-order valence-corrected chi connectivity index (χ0v) is 15.4. The molecule has 0 radical (unpaired) electrons. The summed E-state index contributed by atoms with van der Waals surface area (Å²) in [6.45, 7) is 0.235. The molecule has 1 unspecified atom stereocenters. The van der Waals surface area contributed by atoms with Crippen molar-refractivity contribution in [2.45, 2.75) is 18.3 Å². The molecule has 7 nitrogen and oxygen atoms in total. The Balaban J connectivity index is 1.30. The molecule has 1 atom stereocenters. The molecule has 0 saturated carbocycles. The molecule has 28 heavy (non-hydrogen) atoms. The quantitative estimate of drug-likeness (QED) is 0.536. The van der Waals surface area contributed by atoms with E-state index in [4.69, 9.17) is 9.15 Å². The third kappa shape index (κ3) is 3.22. The summed E-state index contributed by atoms with van der Waals surface area (Å²) in [7, 11) is 0. The van der Waals surface area contributed by atoms with Gasteiger partial charge < -0.3 is 14.1 Å². The number of carbonyl (C=O) groups excluding carboxylic acids is 2. The fourth-order valence-electron chi connectivity index (χ4n) is 3.22. The minimum absolute atomic E-state index is 0.235. The van der Waals surface area contributed by atoms with Crippen LogP contribution in [0.25, 0.3) is 22.0 Å². The van der Waals surface area contributed by atoms with Crippen molar-refractivity contribution in [3.8, 4) is 5.75 Å². The summed E-state index contributed by atoms with van der Waals surface area (Å²) in [5, 5.41) is 2.60. The highest BCUT2D eigenvalue weighted by Crippen LogP contribution is 2.27. The maximum absolute atomic E-state index is 11.7. The molecule has 0 spiro atoms. The predicted molar refractivity (Wildman–Crippen MR) is 105 cm³/mol. The van der Waals surface area contributed by atoms with Gasteiger partial charge in [-0.15, -0.1) is 0 Å². The smallest absolute Gasteiger partial charge is 0.286 e. The van der Waals surface area contributed by atoms with Crippen LogP contribution in [0.4, 0.5) is 4.79 Å². The molecular weight excluding hydrogens is 378 g/mol. The molecule has 3 heterocycles. The van der Waals surface area contributed by atoms with Crippen LogP contribution in [0.5, 0.6) is 5.75 Å². The number of amides is 2. The molecule has 5 rings (SSSR count). The van der Waals surface area contributed by atoms with Crippen molar-refractivity contribution in [3.05, 3.63) is 60.1 Å². The Kier molecular flexibility index (Phi) is 4.05. The van der Waals surface area contributed by atoms with E-state index >= 15 is 0 Å². The first-order valence-electron chi connectivity index (χ1n) is 8.74. The van der Waals surface area contributed by atoms with Gasteiger partial charge in [-0.3, -0.25) is 14.9 Å². The van der Waals surface area contributed by atoms with Crippen LogP contribution in [0.2, 0.25) is 0 Å². The highest BCUT2D eigenvalue weighted by atomic mass is 32.2. The van der Waals surface area contributed by atoms with E-state index in [-0.39, 0.29) is 17.8 Å². The molecule has 2 N–H and O–H groups in total. The third-order valence-electron chi connectivity index (χ3n) is 4.52. The van der Waals surface area contributed by atoms with Crippen molar-refractivity contribution < 1.29 is 18.7 Å². The Morgan fingerprint density at radius 2 is 2.04 bits per heavy atom. The Hall–Kier alpha value is -3.26. The Bertz CT molecular complexity index is 1180. The molecule has 1 saturated heterocycles. The number of hydrogen-bond acceptors (Lipinski definition) is 6. The van der Waals surface area contributed by atoms with Crippen molar-refractivity contribution in [1.29, 1.82) is 0 Å². The zero-order chi connectivity index (χ0) is 19.1. The third-order valence-corrected chi connectivity index (χ3v) is 5.50. The lowest BCUT2D eigenvalue weighted by molar-refractivity contribution is -0.118. The molecule has 1 fully saturated rings. The highest BCUT2D eigenvalue weighted by molar-refractivity contribution is 8.15. The van der Waals surface area contributed by atoms with Crippen LogP contribution in [0.3, 0.4) is 0 Å². The first-order chi connectivity index (χ1) is 13.6. The summed E-state index contributed by atoms with van der Waals surface area (Å²) in [5.74, 6) is 0.976. The fourth-order valence-corrected chi connectivity index (χ4v) is 4.07. The molecular formula is C20H15N3O4S. The summed E-state index contributed by atoms with van der Waals surface area (Å²) < 4.78 is 11.5. The van der Waals surface area contributed by atoms with Crippen molar-refractivity contribution in [2.24, 2.45) is 0 Å². The second-order valence-corrected chi connectivity index (χ2v) is 7.67. The minimum Gasteiger partial charge on any atom is -0.484 e. The number of ether oxygens (including phenoxy) is 1. The normalized spacial score (nSPS) is 16.8. The maximum atomic E-state index is 11.7. The van der Waals surface area contributed by atoms with E-state index in [2.05, 4.69) is 15.3 Å². The number of hydrogen-bond donors (Lipinski definition) is 2. The van der Waals surface area contributed by atoms with Gasteiger partial charge in [-0.05, 0) is 36.4 Å². The molecule has 1 aliphatic heterocycles. The van der Waals surface area contributed by atoms with Gasteiger partial charge in [-0.25, -0.2) is 4.98 Å². The lowest BCUT2D eigenvalue weighted by atomic mass is 10.2. The largest absolute Gasteiger partial charge is 0.484 e. The molecule has 0 bridgehead atoms. The second kappa shape index (κ2) is 6.72. The lowest BCUT2D eigenvalue weighted by Crippen LogP contribution is -2.25. The van der Waals surface area contributed by atoms with Gasteiger partial charge in [0.1, 0.15) is 11.3 Å². The number of imide groups is 1. The molecule has 2 aromatic heterocycles. The highest BCUT2D eigenvalue weighted by Gasteiger charge is 2.31. The lowest BCUT2D eigenvalue weighted by Gasteiger charge is -2.03. The number of benzene rings is 2. The maximum Gasteiger partial charge on any atom is 0.286 e. The number of aromatic nitrogens is 2. The monoisotopic (exact) mass is 393 g/mol. The molecule has 0 aliphatic carbocycles. The van der Waals surface area contributed by atoms with Crippen LogP contribution in [-0.2, 0) is 17.8 Å². The second-order valence-electron chi connectivity index (χ2n) is 6.49. The zero-order valence-electron chi connectivity index (χ0n) is 14.6. The number of nitrogens with one attached hydrogen (secondary N) is 2. The molecule has 140 valence electrons. The van der Waals surface area contributed by atoms with Gasteiger partial charge in [0.25, 0.3) is 5.24 Å². The first-order valence-corrected chi connectivity index (χ1v) is 9.62. The topological polar surface area (TPSA) is 97.2 Å². The van der Waals surface area contributed by atoms with Gasteiger partial charge in [0.05, 0.1) is 5.25 Å². The van der Waals surface area contributed by atoms with Crippen molar-refractivity contribution >= 4 is 44.9 Å². The first kappa shape index (κ1) is 16.9. The number of nitrogens with zero attached hydrogens (tertiary/aromatic N) is 1. The predicted octanol–water partition coefficient (Wildman–Crippen LogP) is 3.78. The van der Waals surface area contributed by atoms with Crippen molar-refractivity contribution in [1.82, 2.24) is 15.3 Å². The van der Waals surface area contributed by atoms with E-state index < -0.39 is 5.25 Å². The van der Waals surface area contributed by atoms with E-state index in [9.17, 15) is 9.59 Å². The SMILES string of the molecule is O=C1NC(=O)C(Cc2cc3cc(OCc4nc5ccccc5o4)ccc3[nH]2)S1. The van der Waals surface area contributed by atoms with Crippen LogP contribution >= 0.6 is 11.8 Å². The average Bonchev–Trinajstić information content (AvgIpc) is 3.36. The number of fused-ring (bicyclic) bond motifs is 2. The van der Waals surface area contributed by atoms with E-state index in [1.165, 1.54) is 0 Å². The van der Waals surface area contributed by atoms with E-state index in [1.54, 1.807) is 0 Å².